The summed E-state index contributed by atoms with van der Waals surface area (Å²) in [6.45, 7) is 2.66. The molecule has 0 amide bonds. The lowest BCUT2D eigenvalue weighted by Crippen LogP contribution is -2.51. The number of halogens is 3. The molecule has 0 aliphatic heterocycles. The van der Waals surface area contributed by atoms with E-state index in [4.69, 9.17) is 5.11 Å². The van der Waals surface area contributed by atoms with Crippen LogP contribution < -0.4 is 0 Å². The van der Waals surface area contributed by atoms with Crippen molar-refractivity contribution >= 4 is 6.29 Å². The molecule has 0 aromatic rings. The Morgan fingerprint density at radius 2 is 1.92 bits per heavy atom. The first-order valence-electron chi connectivity index (χ1n) is 3.55. The lowest BCUT2D eigenvalue weighted by Gasteiger charge is -2.29. The van der Waals surface area contributed by atoms with Gasteiger partial charge in [0.05, 0.1) is 0 Å². The standard InChI is InChI=1S/C7H11F3O2/c1-3-5(2)6(12,4-11)7(8,9)10/h4-5,12H,3H2,1-2H3. The molecule has 0 saturated carbocycles. The van der Waals surface area contributed by atoms with Crippen molar-refractivity contribution in [1.29, 1.82) is 0 Å². The second-order valence-corrected chi connectivity index (χ2v) is 2.75. The van der Waals surface area contributed by atoms with Gasteiger partial charge in [0.2, 0.25) is 5.60 Å². The van der Waals surface area contributed by atoms with Gasteiger partial charge in [-0.15, -0.1) is 0 Å². The van der Waals surface area contributed by atoms with E-state index in [9.17, 15) is 18.0 Å². The first-order chi connectivity index (χ1) is 5.29. The Morgan fingerprint density at radius 3 is 2.00 bits per heavy atom. The maximum atomic E-state index is 12.1. The third kappa shape index (κ3) is 1.77. The highest BCUT2D eigenvalue weighted by Crippen LogP contribution is 2.35. The van der Waals surface area contributed by atoms with Crippen LogP contribution in [0.2, 0.25) is 0 Å². The summed E-state index contributed by atoms with van der Waals surface area (Å²) in [6.07, 6.45) is -5.24. The van der Waals surface area contributed by atoms with Crippen molar-refractivity contribution in [3.63, 3.8) is 0 Å². The molecule has 0 heterocycles. The van der Waals surface area contributed by atoms with E-state index in [0.29, 0.717) is 0 Å². The Labute approximate surface area is 68.4 Å². The van der Waals surface area contributed by atoms with Crippen molar-refractivity contribution in [3.8, 4) is 0 Å². The summed E-state index contributed by atoms with van der Waals surface area (Å²) in [6, 6.07) is 0. The first-order valence-corrected chi connectivity index (χ1v) is 3.55. The number of carbonyl (C=O) groups is 1. The molecule has 0 bridgehead atoms. The first kappa shape index (κ1) is 11.4. The van der Waals surface area contributed by atoms with E-state index in [1.54, 1.807) is 0 Å². The molecule has 1 N–H and O–H groups in total. The molecule has 2 nitrogen and oxygen atoms in total. The Bertz CT molecular complexity index is 167. The molecule has 0 aliphatic carbocycles. The topological polar surface area (TPSA) is 37.3 Å². The van der Waals surface area contributed by atoms with Crippen molar-refractivity contribution in [1.82, 2.24) is 0 Å². The maximum Gasteiger partial charge on any atom is 0.424 e. The Balaban J connectivity index is 4.79. The van der Waals surface area contributed by atoms with Crippen LogP contribution in [-0.4, -0.2) is 23.2 Å². The summed E-state index contributed by atoms with van der Waals surface area (Å²) in [5, 5.41) is 8.93. The number of aldehydes is 1. The minimum Gasteiger partial charge on any atom is -0.374 e. The van der Waals surface area contributed by atoms with Crippen LogP contribution in [0.5, 0.6) is 0 Å². The summed E-state index contributed by atoms with van der Waals surface area (Å²) in [5.41, 5.74) is -3.19. The molecule has 0 saturated heterocycles. The molecule has 5 heteroatoms. The lowest BCUT2D eigenvalue weighted by atomic mass is 9.88. The van der Waals surface area contributed by atoms with Crippen LogP contribution in [0.15, 0.2) is 0 Å². The average Bonchev–Trinajstić information content (AvgIpc) is 1.99. The van der Waals surface area contributed by atoms with Crippen molar-refractivity contribution in [2.75, 3.05) is 0 Å². The number of alkyl halides is 3. The zero-order valence-electron chi connectivity index (χ0n) is 6.85. The van der Waals surface area contributed by atoms with Crippen molar-refractivity contribution in [3.05, 3.63) is 0 Å². The molecule has 0 aromatic heterocycles. The SMILES string of the molecule is CCC(C)C(O)(C=O)C(F)(F)F. The van der Waals surface area contributed by atoms with E-state index in [2.05, 4.69) is 0 Å². The molecule has 0 aliphatic rings. The molecular formula is C7H11F3O2. The molecule has 0 rings (SSSR count). The predicted octanol–water partition coefficient (Wildman–Crippen LogP) is 1.52. The van der Waals surface area contributed by atoms with Gasteiger partial charge >= 0.3 is 6.18 Å². The summed E-state index contributed by atoms with van der Waals surface area (Å²) < 4.78 is 36.2. The zero-order valence-corrected chi connectivity index (χ0v) is 6.85. The van der Waals surface area contributed by atoms with Gasteiger partial charge in [0.15, 0.2) is 6.29 Å². The van der Waals surface area contributed by atoms with Crippen molar-refractivity contribution in [2.45, 2.75) is 32.0 Å². The van der Waals surface area contributed by atoms with E-state index < -0.39 is 24.0 Å². The number of aliphatic hydroxyl groups is 1. The lowest BCUT2D eigenvalue weighted by molar-refractivity contribution is -0.259. The van der Waals surface area contributed by atoms with E-state index in [1.807, 2.05) is 0 Å². The third-order valence-electron chi connectivity index (χ3n) is 2.00. The van der Waals surface area contributed by atoms with Gasteiger partial charge in [0.25, 0.3) is 0 Å². The van der Waals surface area contributed by atoms with E-state index >= 15 is 0 Å². The fourth-order valence-electron chi connectivity index (χ4n) is 0.774. The minimum absolute atomic E-state index is 0.0920. The second kappa shape index (κ2) is 3.43. The van der Waals surface area contributed by atoms with Crippen LogP contribution in [0, 0.1) is 5.92 Å². The zero-order chi connectivity index (χ0) is 9.99. The summed E-state index contributed by atoms with van der Waals surface area (Å²) in [4.78, 5) is 10.1. The summed E-state index contributed by atoms with van der Waals surface area (Å²) >= 11 is 0. The van der Waals surface area contributed by atoms with Crippen molar-refractivity contribution in [2.24, 2.45) is 5.92 Å². The van der Waals surface area contributed by atoms with Gasteiger partial charge in [-0.25, -0.2) is 0 Å². The van der Waals surface area contributed by atoms with Gasteiger partial charge in [0.1, 0.15) is 0 Å². The molecule has 2 unspecified atom stereocenters. The summed E-state index contributed by atoms with van der Waals surface area (Å²) in [5.74, 6) is -1.12. The van der Waals surface area contributed by atoms with Crippen LogP contribution in [0.3, 0.4) is 0 Å². The third-order valence-corrected chi connectivity index (χ3v) is 2.00. The monoisotopic (exact) mass is 184 g/mol. The molecule has 12 heavy (non-hydrogen) atoms. The van der Waals surface area contributed by atoms with Crippen LogP contribution in [-0.2, 0) is 4.79 Å². The molecule has 0 radical (unpaired) electrons. The number of hydrogen-bond donors (Lipinski definition) is 1. The Morgan fingerprint density at radius 1 is 1.50 bits per heavy atom. The Hall–Kier alpha value is -0.580. The molecule has 0 fully saturated rings. The van der Waals surface area contributed by atoms with Crippen molar-refractivity contribution < 1.29 is 23.1 Å². The second-order valence-electron chi connectivity index (χ2n) is 2.75. The fraction of sp³-hybridized carbons (Fsp3) is 0.857. The summed E-state index contributed by atoms with van der Waals surface area (Å²) in [7, 11) is 0. The minimum atomic E-state index is -4.88. The molecule has 0 spiro atoms. The quantitative estimate of drug-likeness (QED) is 0.675. The van der Waals surface area contributed by atoms with E-state index in [-0.39, 0.29) is 6.42 Å². The highest BCUT2D eigenvalue weighted by Gasteiger charge is 2.56. The molecular weight excluding hydrogens is 173 g/mol. The van der Waals surface area contributed by atoms with E-state index in [0.717, 1.165) is 0 Å². The average molecular weight is 184 g/mol. The van der Waals surface area contributed by atoms with Gasteiger partial charge < -0.3 is 5.11 Å². The smallest absolute Gasteiger partial charge is 0.374 e. The molecule has 0 aromatic carbocycles. The Kier molecular flexibility index (Phi) is 3.26. The number of hydrogen-bond acceptors (Lipinski definition) is 2. The normalized spacial score (nSPS) is 19.8. The molecule has 72 valence electrons. The predicted molar refractivity (Wildman–Crippen MR) is 36.5 cm³/mol. The largest absolute Gasteiger partial charge is 0.424 e. The van der Waals surface area contributed by atoms with Gasteiger partial charge in [-0.2, -0.15) is 13.2 Å². The number of carbonyl (C=O) groups excluding carboxylic acids is 1. The van der Waals surface area contributed by atoms with E-state index in [1.165, 1.54) is 13.8 Å². The van der Waals surface area contributed by atoms with Crippen LogP contribution in [0.25, 0.3) is 0 Å². The van der Waals surface area contributed by atoms with Gasteiger partial charge in [0, 0.05) is 5.92 Å². The highest BCUT2D eigenvalue weighted by atomic mass is 19.4. The van der Waals surface area contributed by atoms with Crippen LogP contribution in [0.1, 0.15) is 20.3 Å². The molecule has 2 atom stereocenters. The maximum absolute atomic E-state index is 12.1. The highest BCUT2D eigenvalue weighted by molar-refractivity contribution is 5.64. The van der Waals surface area contributed by atoms with Gasteiger partial charge in [-0.1, -0.05) is 20.3 Å². The van der Waals surface area contributed by atoms with Crippen LogP contribution >= 0.6 is 0 Å². The number of rotatable bonds is 3. The fourth-order valence-corrected chi connectivity index (χ4v) is 0.774. The van der Waals surface area contributed by atoms with Gasteiger partial charge in [-0.05, 0) is 0 Å². The van der Waals surface area contributed by atoms with Gasteiger partial charge in [-0.3, -0.25) is 4.79 Å². The van der Waals surface area contributed by atoms with Crippen LogP contribution in [0.4, 0.5) is 13.2 Å².